The Hall–Kier alpha value is -1.42. The van der Waals surface area contributed by atoms with Gasteiger partial charge in [-0.3, -0.25) is 4.79 Å². The fourth-order valence-corrected chi connectivity index (χ4v) is 3.22. The van der Waals surface area contributed by atoms with Gasteiger partial charge in [0, 0.05) is 32.1 Å². The monoisotopic (exact) mass is 262 g/mol. The molecule has 0 radical (unpaired) electrons. The van der Waals surface area contributed by atoms with E-state index in [1.165, 1.54) is 6.07 Å². The van der Waals surface area contributed by atoms with Crippen LogP contribution in [-0.4, -0.2) is 30.4 Å². The molecule has 1 aliphatic carbocycles. The summed E-state index contributed by atoms with van der Waals surface area (Å²) < 4.78 is 13.7. The predicted octanol–water partition coefficient (Wildman–Crippen LogP) is 2.02. The molecule has 2 aliphatic rings. The van der Waals surface area contributed by atoms with Crippen molar-refractivity contribution in [3.8, 4) is 0 Å². The van der Waals surface area contributed by atoms with Crippen LogP contribution in [0.5, 0.6) is 0 Å². The van der Waals surface area contributed by atoms with Gasteiger partial charge in [0.25, 0.3) is 0 Å². The Morgan fingerprint density at radius 2 is 2.16 bits per heavy atom. The van der Waals surface area contributed by atoms with E-state index in [-0.39, 0.29) is 17.8 Å². The van der Waals surface area contributed by atoms with Crippen molar-refractivity contribution < 1.29 is 9.18 Å². The van der Waals surface area contributed by atoms with Gasteiger partial charge in [0.1, 0.15) is 5.82 Å². The zero-order valence-corrected chi connectivity index (χ0v) is 11.2. The molecule has 3 nitrogen and oxygen atoms in total. The highest BCUT2D eigenvalue weighted by molar-refractivity contribution is 5.76. The number of carbonyl (C=O) groups excluding carboxylic acids is 1. The van der Waals surface area contributed by atoms with Gasteiger partial charge in [-0.05, 0) is 36.5 Å². The smallest absolute Gasteiger partial charge is 0.222 e. The number of likely N-dealkylation sites (N-methyl/N-ethyl adjacent to an activating group) is 1. The summed E-state index contributed by atoms with van der Waals surface area (Å²) in [6.07, 6.45) is 3.24. The molecule has 102 valence electrons. The van der Waals surface area contributed by atoms with E-state index in [9.17, 15) is 9.18 Å². The summed E-state index contributed by atoms with van der Waals surface area (Å²) in [6.45, 7) is 0.750. The van der Waals surface area contributed by atoms with Crippen molar-refractivity contribution >= 4 is 5.91 Å². The number of fused-ring (bicyclic) bond motifs is 1. The first kappa shape index (κ1) is 12.6. The summed E-state index contributed by atoms with van der Waals surface area (Å²) in [5.74, 6) is 0.133. The molecule has 1 aromatic carbocycles. The number of benzene rings is 1. The fraction of sp³-hybridized carbons (Fsp3) is 0.533. The van der Waals surface area contributed by atoms with Crippen LogP contribution in [0.4, 0.5) is 4.39 Å². The van der Waals surface area contributed by atoms with Gasteiger partial charge >= 0.3 is 0 Å². The van der Waals surface area contributed by atoms with E-state index in [2.05, 4.69) is 5.32 Å². The molecule has 2 atom stereocenters. The van der Waals surface area contributed by atoms with E-state index >= 15 is 0 Å². The van der Waals surface area contributed by atoms with E-state index in [4.69, 9.17) is 0 Å². The highest BCUT2D eigenvalue weighted by atomic mass is 19.1. The molecule has 1 aliphatic heterocycles. The van der Waals surface area contributed by atoms with Crippen LogP contribution in [0.25, 0.3) is 0 Å². The van der Waals surface area contributed by atoms with Crippen molar-refractivity contribution in [3.63, 3.8) is 0 Å². The van der Waals surface area contributed by atoms with Crippen LogP contribution in [0.15, 0.2) is 18.2 Å². The molecule has 3 rings (SSSR count). The molecule has 1 N–H and O–H groups in total. The van der Waals surface area contributed by atoms with Gasteiger partial charge in [-0.25, -0.2) is 4.39 Å². The van der Waals surface area contributed by atoms with Crippen molar-refractivity contribution in [2.75, 3.05) is 13.6 Å². The quantitative estimate of drug-likeness (QED) is 0.884. The Morgan fingerprint density at radius 3 is 2.95 bits per heavy atom. The number of halogens is 1. The molecule has 0 bridgehead atoms. The fourth-order valence-electron chi connectivity index (χ4n) is 3.22. The van der Waals surface area contributed by atoms with E-state index in [0.717, 1.165) is 36.9 Å². The lowest BCUT2D eigenvalue weighted by Crippen LogP contribution is -2.47. The van der Waals surface area contributed by atoms with Gasteiger partial charge in [-0.1, -0.05) is 12.1 Å². The lowest BCUT2D eigenvalue weighted by Gasteiger charge is -2.32. The third-order valence-electron chi connectivity index (χ3n) is 4.28. The zero-order valence-electron chi connectivity index (χ0n) is 11.2. The first-order chi connectivity index (χ1) is 9.15. The van der Waals surface area contributed by atoms with Crippen LogP contribution in [0.2, 0.25) is 0 Å². The molecular formula is C15H19FN2O. The largest absolute Gasteiger partial charge is 0.344 e. The summed E-state index contributed by atoms with van der Waals surface area (Å²) >= 11 is 0. The first-order valence-corrected chi connectivity index (χ1v) is 6.92. The van der Waals surface area contributed by atoms with Crippen LogP contribution in [0.1, 0.15) is 36.4 Å². The number of carbonyl (C=O) groups is 1. The second-order valence-corrected chi connectivity index (χ2v) is 5.58. The number of hydrogen-bond donors (Lipinski definition) is 1. The van der Waals surface area contributed by atoms with E-state index in [0.29, 0.717) is 12.5 Å². The molecule has 19 heavy (non-hydrogen) atoms. The summed E-state index contributed by atoms with van der Waals surface area (Å²) in [6, 6.07) is 5.89. The van der Waals surface area contributed by atoms with Crippen LogP contribution < -0.4 is 5.32 Å². The van der Waals surface area contributed by atoms with Crippen LogP contribution in [0.3, 0.4) is 0 Å². The topological polar surface area (TPSA) is 32.3 Å². The molecule has 0 saturated carbocycles. The lowest BCUT2D eigenvalue weighted by molar-refractivity contribution is -0.132. The average Bonchev–Trinajstić information content (AvgIpc) is 2.79. The Bertz CT molecular complexity index is 503. The molecule has 0 aromatic heterocycles. The Labute approximate surface area is 112 Å². The van der Waals surface area contributed by atoms with Gasteiger partial charge in [-0.15, -0.1) is 0 Å². The number of hydrogen-bond acceptors (Lipinski definition) is 2. The number of piperidine rings is 1. The van der Waals surface area contributed by atoms with Gasteiger partial charge < -0.3 is 10.2 Å². The van der Waals surface area contributed by atoms with Gasteiger partial charge in [0.15, 0.2) is 0 Å². The molecular weight excluding hydrogens is 243 g/mol. The van der Waals surface area contributed by atoms with Gasteiger partial charge in [-0.2, -0.15) is 0 Å². The molecule has 1 aromatic rings. The summed E-state index contributed by atoms with van der Waals surface area (Å²) in [5.41, 5.74) is 1.96. The van der Waals surface area contributed by atoms with Crippen molar-refractivity contribution in [1.29, 1.82) is 0 Å². The standard InChI is InChI=1S/C15H19FN2O/c1-18-9-10(5-8-15(18)19)17-14-7-6-11-12(14)3-2-4-13(11)16/h2-4,10,14,17H,5-9H2,1H3. The summed E-state index contributed by atoms with van der Waals surface area (Å²) in [7, 11) is 1.85. The minimum atomic E-state index is -0.0854. The number of nitrogens with zero attached hydrogens (tertiary/aromatic N) is 1. The molecule has 1 fully saturated rings. The van der Waals surface area contributed by atoms with Crippen molar-refractivity contribution in [1.82, 2.24) is 10.2 Å². The van der Waals surface area contributed by atoms with Crippen molar-refractivity contribution in [3.05, 3.63) is 35.1 Å². The average molecular weight is 262 g/mol. The third-order valence-corrected chi connectivity index (χ3v) is 4.28. The Balaban J connectivity index is 1.70. The second-order valence-electron chi connectivity index (χ2n) is 5.58. The third kappa shape index (κ3) is 2.37. The second kappa shape index (κ2) is 4.93. The van der Waals surface area contributed by atoms with Crippen LogP contribution in [-0.2, 0) is 11.2 Å². The Morgan fingerprint density at radius 1 is 1.32 bits per heavy atom. The van der Waals surface area contributed by atoms with Crippen LogP contribution >= 0.6 is 0 Å². The summed E-state index contributed by atoms with van der Waals surface area (Å²) in [4.78, 5) is 13.2. The zero-order chi connectivity index (χ0) is 13.4. The van der Waals surface area contributed by atoms with E-state index in [1.54, 1.807) is 11.0 Å². The predicted molar refractivity (Wildman–Crippen MR) is 71.3 cm³/mol. The maximum Gasteiger partial charge on any atom is 0.222 e. The summed E-state index contributed by atoms with van der Waals surface area (Å²) in [5, 5.41) is 3.59. The molecule has 2 unspecified atom stereocenters. The van der Waals surface area contributed by atoms with Gasteiger partial charge in [0.2, 0.25) is 5.91 Å². The van der Waals surface area contributed by atoms with Crippen molar-refractivity contribution in [2.24, 2.45) is 0 Å². The molecule has 4 heteroatoms. The van der Waals surface area contributed by atoms with E-state index < -0.39 is 0 Å². The maximum atomic E-state index is 13.7. The molecule has 1 heterocycles. The highest BCUT2D eigenvalue weighted by Crippen LogP contribution is 2.33. The molecule has 1 saturated heterocycles. The molecule has 1 amide bonds. The number of nitrogens with one attached hydrogen (secondary N) is 1. The lowest BCUT2D eigenvalue weighted by atomic mass is 10.0. The minimum absolute atomic E-state index is 0.0854. The van der Waals surface area contributed by atoms with E-state index in [1.807, 2.05) is 13.1 Å². The van der Waals surface area contributed by atoms with Gasteiger partial charge in [0.05, 0.1) is 0 Å². The Kier molecular flexibility index (Phi) is 3.27. The number of likely N-dealkylation sites (tertiary alicyclic amines) is 1. The molecule has 0 spiro atoms. The first-order valence-electron chi connectivity index (χ1n) is 6.92. The maximum absolute atomic E-state index is 13.7. The minimum Gasteiger partial charge on any atom is -0.344 e. The SMILES string of the molecule is CN1CC(NC2CCc3c(F)cccc32)CCC1=O. The normalized spacial score (nSPS) is 26.6. The number of amides is 1. The van der Waals surface area contributed by atoms with Crippen molar-refractivity contribution in [2.45, 2.75) is 37.8 Å². The number of rotatable bonds is 2. The highest BCUT2D eigenvalue weighted by Gasteiger charge is 2.29. The van der Waals surface area contributed by atoms with Crippen LogP contribution in [0, 0.1) is 5.82 Å².